The van der Waals surface area contributed by atoms with Gasteiger partial charge in [-0.2, -0.15) is 0 Å². The lowest BCUT2D eigenvalue weighted by atomic mass is 10.1. The minimum Gasteiger partial charge on any atom is -0.372 e. The van der Waals surface area contributed by atoms with Crippen molar-refractivity contribution in [2.75, 3.05) is 20.1 Å². The molecule has 0 aromatic carbocycles. The zero-order chi connectivity index (χ0) is 24.5. The summed E-state index contributed by atoms with van der Waals surface area (Å²) in [6, 6.07) is 4.00. The first-order valence-electron chi connectivity index (χ1n) is 11.8. The molecule has 6 heteroatoms. The molecule has 0 aliphatic carbocycles. The largest absolute Gasteiger partial charge is 0.372 e. The molecule has 0 fully saturated rings. The van der Waals surface area contributed by atoms with Gasteiger partial charge < -0.3 is 10.2 Å². The van der Waals surface area contributed by atoms with E-state index in [-0.39, 0.29) is 0 Å². The van der Waals surface area contributed by atoms with Crippen LogP contribution in [0.4, 0.5) is 0 Å². The Balaban J connectivity index is 2.68. The third kappa shape index (κ3) is 10.9. The molecule has 6 nitrogen and oxygen atoms in total. The van der Waals surface area contributed by atoms with Gasteiger partial charge in [-0.1, -0.05) is 39.0 Å². The van der Waals surface area contributed by atoms with Crippen LogP contribution in [0.1, 0.15) is 64.9 Å². The average molecular weight is 451 g/mol. The van der Waals surface area contributed by atoms with Crippen LogP contribution >= 0.6 is 0 Å². The van der Waals surface area contributed by atoms with Gasteiger partial charge in [0.2, 0.25) is 0 Å². The number of hydrogen-bond donors (Lipinski definition) is 1. The summed E-state index contributed by atoms with van der Waals surface area (Å²) in [5, 5.41) is 3.05. The molecule has 0 radical (unpaired) electrons. The van der Waals surface area contributed by atoms with E-state index in [0.29, 0.717) is 12.2 Å². The van der Waals surface area contributed by atoms with Crippen molar-refractivity contribution in [2.45, 2.75) is 65.7 Å². The van der Waals surface area contributed by atoms with E-state index < -0.39 is 0 Å². The maximum Gasteiger partial charge on any atom is 0.134 e. The van der Waals surface area contributed by atoms with E-state index in [2.05, 4.69) is 65.0 Å². The van der Waals surface area contributed by atoms with Crippen LogP contribution in [0.2, 0.25) is 0 Å². The van der Waals surface area contributed by atoms with E-state index >= 15 is 0 Å². The lowest BCUT2D eigenvalue weighted by Gasteiger charge is -2.28. The van der Waals surface area contributed by atoms with Gasteiger partial charge in [0, 0.05) is 55.9 Å². The highest BCUT2D eigenvalue weighted by atomic mass is 15.1. The number of unbranched alkanes of at least 4 members (excludes halogenated alkanes) is 3. The van der Waals surface area contributed by atoms with E-state index in [1.54, 1.807) is 19.4 Å². The second-order valence-electron chi connectivity index (χ2n) is 8.10. The Morgan fingerprint density at radius 2 is 1.91 bits per heavy atom. The molecule has 0 amide bonds. The van der Waals surface area contributed by atoms with Crippen LogP contribution in [0.3, 0.4) is 0 Å². The summed E-state index contributed by atoms with van der Waals surface area (Å²) >= 11 is 0. The van der Waals surface area contributed by atoms with Gasteiger partial charge in [0.25, 0.3) is 0 Å². The zero-order valence-corrected chi connectivity index (χ0v) is 21.1. The molecule has 0 spiro atoms. The van der Waals surface area contributed by atoms with Gasteiger partial charge in [-0.05, 0) is 64.1 Å². The van der Waals surface area contributed by atoms with E-state index in [1.165, 1.54) is 12.8 Å². The molecular weight excluding hydrogens is 408 g/mol. The molecular formula is C27H42N6. The van der Waals surface area contributed by atoms with E-state index in [0.717, 1.165) is 67.2 Å². The van der Waals surface area contributed by atoms with E-state index in [1.807, 2.05) is 19.2 Å². The number of amidine groups is 1. The summed E-state index contributed by atoms with van der Waals surface area (Å²) in [6.45, 7) is 20.0. The van der Waals surface area contributed by atoms with Crippen LogP contribution in [0.25, 0.3) is 0 Å². The molecule has 0 aliphatic heterocycles. The molecule has 0 unspecified atom stereocenters. The smallest absolute Gasteiger partial charge is 0.134 e. The van der Waals surface area contributed by atoms with Crippen LogP contribution in [0.15, 0.2) is 76.0 Å². The minimum absolute atomic E-state index is 0.705. The molecule has 0 bridgehead atoms. The predicted molar refractivity (Wildman–Crippen MR) is 144 cm³/mol. The first-order valence-corrected chi connectivity index (χ1v) is 11.8. The molecule has 0 atom stereocenters. The monoisotopic (exact) mass is 450 g/mol. The number of rotatable bonds is 16. The summed E-state index contributed by atoms with van der Waals surface area (Å²) in [5.41, 5.74) is 4.22. The third-order valence-corrected chi connectivity index (χ3v) is 5.48. The lowest BCUT2D eigenvalue weighted by Crippen LogP contribution is -2.27. The van der Waals surface area contributed by atoms with Gasteiger partial charge >= 0.3 is 0 Å². The van der Waals surface area contributed by atoms with Crippen LogP contribution in [-0.2, 0) is 6.42 Å². The van der Waals surface area contributed by atoms with Crippen molar-refractivity contribution in [3.8, 4) is 0 Å². The highest BCUT2D eigenvalue weighted by Gasteiger charge is 2.12. The topological polar surface area (TPSA) is 65.2 Å². The predicted octanol–water partition coefficient (Wildman–Crippen LogP) is 5.95. The molecule has 180 valence electrons. The molecule has 33 heavy (non-hydrogen) atoms. The number of allylic oxidation sites excluding steroid dienone is 1. The van der Waals surface area contributed by atoms with Gasteiger partial charge in [0.1, 0.15) is 11.7 Å². The molecule has 1 rings (SSSR count). The first kappa shape index (κ1) is 28.0. The highest BCUT2D eigenvalue weighted by Crippen LogP contribution is 2.19. The Kier molecular flexibility index (Phi) is 14.1. The van der Waals surface area contributed by atoms with Crippen molar-refractivity contribution in [3.05, 3.63) is 66.5 Å². The van der Waals surface area contributed by atoms with Crippen molar-refractivity contribution in [1.82, 2.24) is 15.2 Å². The summed E-state index contributed by atoms with van der Waals surface area (Å²) in [6.07, 6.45) is 12.6. The summed E-state index contributed by atoms with van der Waals surface area (Å²) in [4.78, 5) is 19.7. The number of pyridine rings is 1. The normalized spacial score (nSPS) is 12.7. The van der Waals surface area contributed by atoms with E-state index in [9.17, 15) is 0 Å². The highest BCUT2D eigenvalue weighted by molar-refractivity contribution is 5.97. The molecule has 1 heterocycles. The second kappa shape index (κ2) is 16.6. The fraction of sp³-hybridized carbons (Fsp3) is 0.481. The minimum atomic E-state index is 0.705. The fourth-order valence-electron chi connectivity index (χ4n) is 3.49. The molecule has 0 aliphatic rings. The lowest BCUT2D eigenvalue weighted by molar-refractivity contribution is 0.333. The standard InChI is InChI=1S/C27H42N6/c1-8-10-12-18-33(24(5)23(4)27(29-7)31-9-2)19-13-11-15-22(3)32-26(28-6)20-25-16-14-17-30-21-25/h9,14,16-17,21,31H,2,5,7-8,10-13,15,18-20H2,1,3-4,6H3/b27-23-,28-26?,32-22?. The van der Waals surface area contributed by atoms with Gasteiger partial charge in [0.05, 0.1) is 0 Å². The summed E-state index contributed by atoms with van der Waals surface area (Å²) < 4.78 is 0. The number of hydrogen-bond acceptors (Lipinski definition) is 5. The molecule has 0 saturated carbocycles. The Hall–Kier alpha value is -3.02. The molecule has 0 saturated heterocycles. The van der Waals surface area contributed by atoms with Gasteiger partial charge in [-0.3, -0.25) is 9.98 Å². The Morgan fingerprint density at radius 3 is 2.48 bits per heavy atom. The number of aliphatic imine (C=N–C) groups is 3. The maximum absolute atomic E-state index is 4.75. The van der Waals surface area contributed by atoms with Crippen LogP contribution in [0, 0.1) is 0 Å². The number of aromatic nitrogens is 1. The van der Waals surface area contributed by atoms with Crippen molar-refractivity contribution in [1.29, 1.82) is 0 Å². The fourth-order valence-corrected chi connectivity index (χ4v) is 3.49. The molecule has 1 aromatic heterocycles. The number of nitrogens with zero attached hydrogens (tertiary/aromatic N) is 5. The summed E-state index contributed by atoms with van der Waals surface area (Å²) in [7, 11) is 1.80. The van der Waals surface area contributed by atoms with Gasteiger partial charge in [-0.15, -0.1) is 0 Å². The van der Waals surface area contributed by atoms with Gasteiger partial charge in [0.15, 0.2) is 0 Å². The van der Waals surface area contributed by atoms with E-state index in [4.69, 9.17) is 4.99 Å². The second-order valence-corrected chi connectivity index (χ2v) is 8.10. The Labute approximate surface area is 201 Å². The molecule has 1 N–H and O–H groups in total. The SMILES string of the molecule is C=CN/C(N=C)=C(/C)C(=C)N(CCCCC)CCCCC(C)=NC(Cc1cccnc1)=NC. The van der Waals surface area contributed by atoms with Gasteiger partial charge in [-0.25, -0.2) is 9.98 Å². The zero-order valence-electron chi connectivity index (χ0n) is 21.1. The third-order valence-electron chi connectivity index (χ3n) is 5.48. The first-order chi connectivity index (χ1) is 16.0. The average Bonchev–Trinajstić information content (AvgIpc) is 2.83. The van der Waals surface area contributed by atoms with Crippen molar-refractivity contribution in [3.63, 3.8) is 0 Å². The Morgan fingerprint density at radius 1 is 1.18 bits per heavy atom. The van der Waals surface area contributed by atoms with Crippen molar-refractivity contribution >= 4 is 18.3 Å². The quantitative estimate of drug-likeness (QED) is 0.146. The van der Waals surface area contributed by atoms with Crippen LogP contribution < -0.4 is 5.32 Å². The Bertz CT molecular complexity index is 835. The maximum atomic E-state index is 4.75. The van der Waals surface area contributed by atoms with Crippen LogP contribution in [0.5, 0.6) is 0 Å². The van der Waals surface area contributed by atoms with Crippen molar-refractivity contribution < 1.29 is 0 Å². The van der Waals surface area contributed by atoms with Crippen molar-refractivity contribution in [2.24, 2.45) is 15.0 Å². The summed E-state index contributed by atoms with van der Waals surface area (Å²) in [5.74, 6) is 1.55. The van der Waals surface area contributed by atoms with Crippen LogP contribution in [-0.4, -0.2) is 48.3 Å². The number of nitrogens with one attached hydrogen (secondary N) is 1. The molecule has 1 aromatic rings.